The Balaban J connectivity index is 2.78. The van der Waals surface area contributed by atoms with E-state index in [4.69, 9.17) is 10.8 Å². The van der Waals surface area contributed by atoms with Crippen LogP contribution in [-0.4, -0.2) is 51.7 Å². The number of hydrogen-bond acceptors (Lipinski definition) is 4. The average molecular weight is 230 g/mol. The van der Waals surface area contributed by atoms with Crippen molar-refractivity contribution in [3.05, 3.63) is 0 Å². The summed E-state index contributed by atoms with van der Waals surface area (Å²) in [4.78, 5) is 23.9. The van der Waals surface area contributed by atoms with E-state index in [0.29, 0.717) is 0 Å². The lowest BCUT2D eigenvalue weighted by Gasteiger charge is -2.26. The Bertz CT molecular complexity index is 293. The Hall–Kier alpha value is -1.14. The molecule has 0 aliphatic carbocycles. The first-order valence-corrected chi connectivity index (χ1v) is 5.31. The Kier molecular flexibility index (Phi) is 3.88. The number of β-amino-alcohol motifs (C(OH)–C–C–N with tert-alkyl or cyclic N) is 1. The van der Waals surface area contributed by atoms with Crippen LogP contribution in [0.4, 0.5) is 0 Å². The summed E-state index contributed by atoms with van der Waals surface area (Å²) >= 11 is 0. The van der Waals surface area contributed by atoms with Crippen molar-refractivity contribution in [3.8, 4) is 0 Å². The number of aliphatic hydroxyl groups is 1. The summed E-state index contributed by atoms with van der Waals surface area (Å²) in [7, 11) is 0. The summed E-state index contributed by atoms with van der Waals surface area (Å²) in [6.07, 6.45) is -0.698. The Labute approximate surface area is 94.0 Å². The van der Waals surface area contributed by atoms with Gasteiger partial charge < -0.3 is 20.8 Å². The molecule has 1 rings (SSSR count). The maximum absolute atomic E-state index is 11.9. The van der Waals surface area contributed by atoms with E-state index in [0.717, 1.165) is 4.90 Å². The summed E-state index contributed by atoms with van der Waals surface area (Å²) in [6.45, 7) is 3.64. The van der Waals surface area contributed by atoms with E-state index >= 15 is 0 Å². The van der Waals surface area contributed by atoms with E-state index in [1.54, 1.807) is 13.8 Å². The number of aliphatic carboxylic acids is 1. The quantitative estimate of drug-likeness (QED) is 0.578. The smallest absolute Gasteiger partial charge is 0.326 e. The minimum absolute atomic E-state index is 0.0518. The van der Waals surface area contributed by atoms with Crippen molar-refractivity contribution in [2.24, 2.45) is 11.7 Å². The first-order chi connectivity index (χ1) is 7.34. The molecular weight excluding hydrogens is 212 g/mol. The maximum Gasteiger partial charge on any atom is 0.326 e. The summed E-state index contributed by atoms with van der Waals surface area (Å²) < 4.78 is 0. The van der Waals surface area contributed by atoms with Gasteiger partial charge in [-0.05, 0) is 5.92 Å². The van der Waals surface area contributed by atoms with Gasteiger partial charge in [-0.15, -0.1) is 0 Å². The number of rotatable bonds is 3. The van der Waals surface area contributed by atoms with Crippen molar-refractivity contribution < 1.29 is 19.8 Å². The van der Waals surface area contributed by atoms with Crippen molar-refractivity contribution in [1.82, 2.24) is 4.90 Å². The van der Waals surface area contributed by atoms with E-state index in [1.807, 2.05) is 0 Å². The van der Waals surface area contributed by atoms with Gasteiger partial charge in [-0.2, -0.15) is 0 Å². The molecule has 92 valence electrons. The topological polar surface area (TPSA) is 104 Å². The number of nitrogens with zero attached hydrogens (tertiary/aromatic N) is 1. The molecule has 1 amide bonds. The molecule has 0 bridgehead atoms. The van der Waals surface area contributed by atoms with Gasteiger partial charge in [0.1, 0.15) is 6.04 Å². The lowest BCUT2D eigenvalue weighted by atomic mass is 10.0. The van der Waals surface area contributed by atoms with Crippen LogP contribution in [0.25, 0.3) is 0 Å². The van der Waals surface area contributed by atoms with Crippen LogP contribution >= 0.6 is 0 Å². The second-order valence-electron chi connectivity index (χ2n) is 4.50. The van der Waals surface area contributed by atoms with Crippen LogP contribution in [0.15, 0.2) is 0 Å². The molecule has 0 radical (unpaired) electrons. The molecule has 0 aromatic rings. The summed E-state index contributed by atoms with van der Waals surface area (Å²) in [5.41, 5.74) is 5.68. The van der Waals surface area contributed by atoms with E-state index < -0.39 is 30.1 Å². The third kappa shape index (κ3) is 2.51. The van der Waals surface area contributed by atoms with Gasteiger partial charge in [-0.1, -0.05) is 13.8 Å². The van der Waals surface area contributed by atoms with Crippen LogP contribution in [0.5, 0.6) is 0 Å². The molecule has 1 aliphatic heterocycles. The van der Waals surface area contributed by atoms with Gasteiger partial charge in [0.25, 0.3) is 0 Å². The summed E-state index contributed by atoms with van der Waals surface area (Å²) in [6, 6.07) is -1.67. The number of carbonyl (C=O) groups is 2. The van der Waals surface area contributed by atoms with Gasteiger partial charge in [-0.25, -0.2) is 4.79 Å². The fourth-order valence-corrected chi connectivity index (χ4v) is 1.77. The van der Waals surface area contributed by atoms with Crippen LogP contribution in [0, 0.1) is 5.92 Å². The molecule has 1 saturated heterocycles. The zero-order chi connectivity index (χ0) is 12.5. The van der Waals surface area contributed by atoms with Crippen LogP contribution in [0.1, 0.15) is 20.3 Å². The highest BCUT2D eigenvalue weighted by Gasteiger charge is 2.40. The minimum atomic E-state index is -1.10. The molecule has 3 atom stereocenters. The number of amides is 1. The zero-order valence-corrected chi connectivity index (χ0v) is 9.46. The maximum atomic E-state index is 11.9. The number of aliphatic hydroxyl groups excluding tert-OH is 1. The molecule has 6 nitrogen and oxygen atoms in total. The van der Waals surface area contributed by atoms with Gasteiger partial charge in [0.2, 0.25) is 5.91 Å². The molecule has 1 aliphatic rings. The van der Waals surface area contributed by atoms with Gasteiger partial charge in [0.15, 0.2) is 0 Å². The molecule has 4 N–H and O–H groups in total. The Morgan fingerprint density at radius 3 is 2.44 bits per heavy atom. The first kappa shape index (κ1) is 12.9. The van der Waals surface area contributed by atoms with Crippen LogP contribution in [0.2, 0.25) is 0 Å². The van der Waals surface area contributed by atoms with Gasteiger partial charge in [0.05, 0.1) is 12.1 Å². The molecule has 0 aromatic carbocycles. The molecule has 1 fully saturated rings. The standard InChI is InChI=1S/C10H18N2O4/c1-5(2)8(11)9(14)12-4-6(13)3-7(12)10(15)16/h5-8,13H,3-4,11H2,1-2H3,(H,15,16)/t6-,7+,8?/m1/s1. The molecule has 0 aromatic heterocycles. The number of carbonyl (C=O) groups excluding carboxylic acids is 1. The second-order valence-corrected chi connectivity index (χ2v) is 4.50. The largest absolute Gasteiger partial charge is 0.480 e. The van der Waals surface area contributed by atoms with Crippen LogP contribution in [-0.2, 0) is 9.59 Å². The predicted octanol–water partition coefficient (Wildman–Crippen LogP) is -0.984. The van der Waals surface area contributed by atoms with Crippen molar-refractivity contribution in [2.75, 3.05) is 6.54 Å². The molecule has 0 saturated carbocycles. The molecule has 6 heteroatoms. The third-order valence-corrected chi connectivity index (χ3v) is 2.85. The van der Waals surface area contributed by atoms with Gasteiger partial charge in [0, 0.05) is 13.0 Å². The average Bonchev–Trinajstić information content (AvgIpc) is 2.58. The highest BCUT2D eigenvalue weighted by molar-refractivity contribution is 5.87. The normalized spacial score (nSPS) is 27.2. The number of hydrogen-bond donors (Lipinski definition) is 3. The Morgan fingerprint density at radius 1 is 1.44 bits per heavy atom. The van der Waals surface area contributed by atoms with E-state index in [-0.39, 0.29) is 18.9 Å². The first-order valence-electron chi connectivity index (χ1n) is 5.31. The van der Waals surface area contributed by atoms with E-state index in [1.165, 1.54) is 0 Å². The minimum Gasteiger partial charge on any atom is -0.480 e. The lowest BCUT2D eigenvalue weighted by molar-refractivity contribution is -0.149. The van der Waals surface area contributed by atoms with Crippen molar-refractivity contribution in [2.45, 2.75) is 38.5 Å². The molecule has 1 heterocycles. The zero-order valence-electron chi connectivity index (χ0n) is 9.46. The highest BCUT2D eigenvalue weighted by Crippen LogP contribution is 2.20. The molecular formula is C10H18N2O4. The highest BCUT2D eigenvalue weighted by atomic mass is 16.4. The van der Waals surface area contributed by atoms with Crippen molar-refractivity contribution in [3.63, 3.8) is 0 Å². The molecule has 16 heavy (non-hydrogen) atoms. The fraction of sp³-hybridized carbons (Fsp3) is 0.800. The Morgan fingerprint density at radius 2 is 2.00 bits per heavy atom. The van der Waals surface area contributed by atoms with Crippen LogP contribution < -0.4 is 5.73 Å². The monoisotopic (exact) mass is 230 g/mol. The van der Waals surface area contributed by atoms with Crippen molar-refractivity contribution >= 4 is 11.9 Å². The summed E-state index contributed by atoms with van der Waals surface area (Å²) in [5.74, 6) is -1.56. The summed E-state index contributed by atoms with van der Waals surface area (Å²) in [5, 5.41) is 18.3. The number of nitrogens with two attached hydrogens (primary N) is 1. The van der Waals surface area contributed by atoms with Gasteiger partial charge in [-0.3, -0.25) is 4.79 Å². The fourth-order valence-electron chi connectivity index (χ4n) is 1.77. The number of carboxylic acids is 1. The van der Waals surface area contributed by atoms with E-state index in [9.17, 15) is 14.7 Å². The predicted molar refractivity (Wildman–Crippen MR) is 56.6 cm³/mol. The molecule has 1 unspecified atom stereocenters. The number of carboxylic acid groups (broad SMARTS) is 1. The third-order valence-electron chi connectivity index (χ3n) is 2.85. The number of likely N-dealkylation sites (tertiary alicyclic amines) is 1. The van der Waals surface area contributed by atoms with Gasteiger partial charge >= 0.3 is 5.97 Å². The lowest BCUT2D eigenvalue weighted by Crippen LogP contribution is -2.50. The SMILES string of the molecule is CC(C)C(N)C(=O)N1C[C@H](O)C[C@H]1C(=O)O. The molecule has 0 spiro atoms. The second kappa shape index (κ2) is 4.80. The van der Waals surface area contributed by atoms with Crippen molar-refractivity contribution in [1.29, 1.82) is 0 Å². The van der Waals surface area contributed by atoms with E-state index in [2.05, 4.69) is 0 Å². The van der Waals surface area contributed by atoms with Crippen LogP contribution in [0.3, 0.4) is 0 Å².